The summed E-state index contributed by atoms with van der Waals surface area (Å²) in [5, 5.41) is 0. The van der Waals surface area contributed by atoms with Gasteiger partial charge in [0.05, 0.1) is 6.61 Å². The number of ether oxygens (including phenoxy) is 1. The van der Waals surface area contributed by atoms with Crippen molar-refractivity contribution in [2.45, 2.75) is 213 Å². The zero-order chi connectivity index (χ0) is 27.8. The van der Waals surface area contributed by atoms with Gasteiger partial charge in [0.1, 0.15) is 0 Å². The summed E-state index contributed by atoms with van der Waals surface area (Å²) in [5.41, 5.74) is 0. The van der Waals surface area contributed by atoms with Crippen molar-refractivity contribution in [2.24, 2.45) is 5.92 Å². The lowest BCUT2D eigenvalue weighted by Gasteiger charge is -2.17. The molecule has 0 rings (SSSR count). The van der Waals surface area contributed by atoms with Gasteiger partial charge in [-0.2, -0.15) is 0 Å². The van der Waals surface area contributed by atoms with Crippen LogP contribution >= 0.6 is 0 Å². The number of unbranched alkanes of at least 4 members (excludes halogenated alkanes) is 24. The third-order valence-corrected chi connectivity index (χ3v) is 8.40. The number of rotatable bonds is 32. The molecule has 0 saturated carbocycles. The van der Waals surface area contributed by atoms with Crippen LogP contribution in [-0.2, 0) is 9.53 Å². The maximum absolute atomic E-state index is 12.3. The average Bonchev–Trinajstić information content (AvgIpc) is 2.92. The lowest BCUT2D eigenvalue weighted by atomic mass is 9.94. The van der Waals surface area contributed by atoms with Crippen LogP contribution in [0.15, 0.2) is 0 Å². The minimum Gasteiger partial charge on any atom is -0.465 e. The van der Waals surface area contributed by atoms with E-state index in [2.05, 4.69) is 20.8 Å². The Morgan fingerprint density at radius 2 is 0.711 bits per heavy atom. The molecule has 0 bridgehead atoms. The lowest BCUT2D eigenvalue weighted by Crippen LogP contribution is -2.14. The minimum atomic E-state index is 0.0456. The van der Waals surface area contributed by atoms with Crippen LogP contribution in [0.25, 0.3) is 0 Å². The first-order valence-corrected chi connectivity index (χ1v) is 17.9. The predicted octanol–water partition coefficient (Wildman–Crippen LogP) is 12.9. The highest BCUT2D eigenvalue weighted by Gasteiger charge is 2.12. The molecule has 0 spiro atoms. The summed E-state index contributed by atoms with van der Waals surface area (Å²) in [6, 6.07) is 0. The molecule has 0 fully saturated rings. The fraction of sp³-hybridized carbons (Fsp3) is 0.972. The van der Waals surface area contributed by atoms with Crippen LogP contribution < -0.4 is 0 Å². The van der Waals surface area contributed by atoms with E-state index in [1.54, 1.807) is 0 Å². The Morgan fingerprint density at radius 1 is 0.421 bits per heavy atom. The number of carbonyl (C=O) groups is 1. The van der Waals surface area contributed by atoms with Crippen molar-refractivity contribution >= 4 is 5.97 Å². The summed E-state index contributed by atoms with van der Waals surface area (Å²) in [4.78, 5) is 12.3. The maximum atomic E-state index is 12.3. The smallest absolute Gasteiger partial charge is 0.305 e. The van der Waals surface area contributed by atoms with Crippen LogP contribution in [0, 0.1) is 5.92 Å². The van der Waals surface area contributed by atoms with Crippen molar-refractivity contribution in [1.29, 1.82) is 0 Å². The van der Waals surface area contributed by atoms with Gasteiger partial charge >= 0.3 is 5.97 Å². The number of hydrogen-bond acceptors (Lipinski definition) is 2. The molecule has 1 atom stereocenters. The van der Waals surface area contributed by atoms with E-state index in [0.717, 1.165) is 6.42 Å². The molecule has 0 aliphatic heterocycles. The Bertz CT molecular complexity index is 447. The largest absolute Gasteiger partial charge is 0.465 e. The summed E-state index contributed by atoms with van der Waals surface area (Å²) < 4.78 is 5.77. The van der Waals surface area contributed by atoms with E-state index in [1.807, 2.05) is 0 Å². The van der Waals surface area contributed by atoms with Crippen molar-refractivity contribution in [3.63, 3.8) is 0 Å². The Hall–Kier alpha value is -0.530. The molecule has 0 amide bonds. The van der Waals surface area contributed by atoms with Gasteiger partial charge in [-0.25, -0.2) is 0 Å². The van der Waals surface area contributed by atoms with Crippen LogP contribution in [0.4, 0.5) is 0 Å². The second kappa shape index (κ2) is 32.7. The molecular weight excluding hydrogens is 464 g/mol. The molecule has 38 heavy (non-hydrogen) atoms. The van der Waals surface area contributed by atoms with E-state index < -0.39 is 0 Å². The first-order valence-electron chi connectivity index (χ1n) is 17.9. The zero-order valence-corrected chi connectivity index (χ0v) is 26.8. The zero-order valence-electron chi connectivity index (χ0n) is 26.8. The summed E-state index contributed by atoms with van der Waals surface area (Å²) in [7, 11) is 0. The fourth-order valence-corrected chi connectivity index (χ4v) is 5.66. The molecule has 0 radical (unpaired) electrons. The van der Waals surface area contributed by atoms with E-state index in [4.69, 9.17) is 4.74 Å². The molecule has 0 aromatic carbocycles. The highest BCUT2D eigenvalue weighted by atomic mass is 16.5. The Balaban J connectivity index is 3.98. The van der Waals surface area contributed by atoms with Gasteiger partial charge < -0.3 is 4.74 Å². The SMILES string of the molecule is CCCCCCCCCCCCCCC(CCCCCCCCCCCC)COC(=O)CCCCCCC. The van der Waals surface area contributed by atoms with Gasteiger partial charge in [0.15, 0.2) is 0 Å². The quantitative estimate of drug-likeness (QED) is 0.0631. The van der Waals surface area contributed by atoms with Crippen molar-refractivity contribution in [3.8, 4) is 0 Å². The van der Waals surface area contributed by atoms with Crippen molar-refractivity contribution < 1.29 is 9.53 Å². The topological polar surface area (TPSA) is 26.3 Å². The van der Waals surface area contributed by atoms with Crippen molar-refractivity contribution in [2.75, 3.05) is 6.61 Å². The molecule has 1 unspecified atom stereocenters. The Labute approximate surface area is 241 Å². The molecule has 0 aromatic rings. The van der Waals surface area contributed by atoms with Gasteiger partial charge in [-0.3, -0.25) is 4.79 Å². The van der Waals surface area contributed by atoms with Gasteiger partial charge in [-0.1, -0.05) is 188 Å². The highest BCUT2D eigenvalue weighted by Crippen LogP contribution is 2.21. The van der Waals surface area contributed by atoms with E-state index in [-0.39, 0.29) is 5.97 Å². The number of esters is 1. The molecule has 2 nitrogen and oxygen atoms in total. The van der Waals surface area contributed by atoms with E-state index in [0.29, 0.717) is 18.9 Å². The monoisotopic (exact) mass is 537 g/mol. The fourth-order valence-electron chi connectivity index (χ4n) is 5.66. The average molecular weight is 537 g/mol. The van der Waals surface area contributed by atoms with Gasteiger partial charge in [0.25, 0.3) is 0 Å². The Kier molecular flexibility index (Phi) is 32.2. The van der Waals surface area contributed by atoms with Gasteiger partial charge in [-0.05, 0) is 25.2 Å². The summed E-state index contributed by atoms with van der Waals surface area (Å²) in [6.45, 7) is 7.49. The van der Waals surface area contributed by atoms with Crippen LogP contribution in [0.5, 0.6) is 0 Å². The molecule has 228 valence electrons. The Morgan fingerprint density at radius 3 is 1.05 bits per heavy atom. The van der Waals surface area contributed by atoms with Gasteiger partial charge in [-0.15, -0.1) is 0 Å². The molecule has 0 aliphatic carbocycles. The molecule has 0 heterocycles. The molecule has 0 saturated heterocycles. The standard InChI is InChI=1S/C36H72O2/c1-4-7-10-13-15-17-19-20-22-24-27-29-32-35(34-38-36(37)33-30-25-12-9-6-3)31-28-26-23-21-18-16-14-11-8-5-2/h35H,4-34H2,1-3H3. The highest BCUT2D eigenvalue weighted by molar-refractivity contribution is 5.69. The van der Waals surface area contributed by atoms with E-state index >= 15 is 0 Å². The first-order chi connectivity index (χ1) is 18.7. The van der Waals surface area contributed by atoms with Crippen molar-refractivity contribution in [3.05, 3.63) is 0 Å². The third-order valence-electron chi connectivity index (χ3n) is 8.40. The molecule has 0 aliphatic rings. The van der Waals surface area contributed by atoms with Crippen molar-refractivity contribution in [1.82, 2.24) is 0 Å². The van der Waals surface area contributed by atoms with Crippen LogP contribution in [-0.4, -0.2) is 12.6 Å². The predicted molar refractivity (Wildman–Crippen MR) is 170 cm³/mol. The maximum Gasteiger partial charge on any atom is 0.305 e. The lowest BCUT2D eigenvalue weighted by molar-refractivity contribution is -0.145. The van der Waals surface area contributed by atoms with E-state index in [1.165, 1.54) is 180 Å². The molecule has 2 heteroatoms. The van der Waals surface area contributed by atoms with Crippen LogP contribution in [0.2, 0.25) is 0 Å². The van der Waals surface area contributed by atoms with E-state index in [9.17, 15) is 4.79 Å². The van der Waals surface area contributed by atoms with Gasteiger partial charge in [0, 0.05) is 6.42 Å². The minimum absolute atomic E-state index is 0.0456. The van der Waals surface area contributed by atoms with Gasteiger partial charge in [0.2, 0.25) is 0 Å². The van der Waals surface area contributed by atoms with Crippen LogP contribution in [0.1, 0.15) is 213 Å². The summed E-state index contributed by atoms with van der Waals surface area (Å²) >= 11 is 0. The normalized spacial score (nSPS) is 12.2. The summed E-state index contributed by atoms with van der Waals surface area (Å²) in [6.07, 6.45) is 39.8. The number of carbonyl (C=O) groups excluding carboxylic acids is 1. The second-order valence-electron chi connectivity index (χ2n) is 12.4. The molecule has 0 aromatic heterocycles. The third kappa shape index (κ3) is 30.0. The number of hydrogen-bond donors (Lipinski definition) is 0. The molecule has 0 N–H and O–H groups in total. The summed E-state index contributed by atoms with van der Waals surface area (Å²) in [5.74, 6) is 0.625. The van der Waals surface area contributed by atoms with Crippen LogP contribution in [0.3, 0.4) is 0 Å². The first kappa shape index (κ1) is 37.5. The molecular formula is C36H72O2. The second-order valence-corrected chi connectivity index (χ2v) is 12.4.